The first-order valence-corrected chi connectivity index (χ1v) is 9.93. The average Bonchev–Trinajstić information content (AvgIpc) is 3.10. The molecule has 1 aliphatic heterocycles. The van der Waals surface area contributed by atoms with Crippen LogP contribution in [0.3, 0.4) is 0 Å². The van der Waals surface area contributed by atoms with Crippen molar-refractivity contribution in [2.75, 3.05) is 19.7 Å². The Labute approximate surface area is 165 Å². The number of morpholine rings is 1. The lowest BCUT2D eigenvalue weighted by Gasteiger charge is -2.35. The van der Waals surface area contributed by atoms with Gasteiger partial charge >= 0.3 is 0 Å². The van der Waals surface area contributed by atoms with Gasteiger partial charge in [-0.15, -0.1) is 11.3 Å². The molecular formula is C20H20FN3O3S. The lowest BCUT2D eigenvalue weighted by Crippen LogP contribution is -2.49. The van der Waals surface area contributed by atoms with E-state index in [0.29, 0.717) is 19.0 Å². The maximum Gasteiger partial charge on any atom is 0.260 e. The van der Waals surface area contributed by atoms with Crippen LogP contribution >= 0.6 is 11.3 Å². The molecule has 1 aromatic carbocycles. The lowest BCUT2D eigenvalue weighted by molar-refractivity contribution is -0.145. The van der Waals surface area contributed by atoms with E-state index in [-0.39, 0.29) is 30.5 Å². The van der Waals surface area contributed by atoms with Crippen LogP contribution in [-0.2, 0) is 9.53 Å². The first-order chi connectivity index (χ1) is 13.5. The van der Waals surface area contributed by atoms with E-state index in [0.717, 1.165) is 21.3 Å². The quantitative estimate of drug-likeness (QED) is 0.669. The second-order valence-corrected chi connectivity index (χ2v) is 7.72. The smallest absolute Gasteiger partial charge is 0.260 e. The van der Waals surface area contributed by atoms with Crippen molar-refractivity contribution in [3.8, 4) is 17.0 Å². The highest BCUT2D eigenvalue weighted by Gasteiger charge is 2.26. The number of rotatable bonds is 4. The van der Waals surface area contributed by atoms with E-state index in [9.17, 15) is 9.18 Å². The molecule has 0 spiro atoms. The molecule has 3 heterocycles. The van der Waals surface area contributed by atoms with Crippen molar-refractivity contribution in [2.45, 2.75) is 26.1 Å². The van der Waals surface area contributed by atoms with Crippen LogP contribution in [0.25, 0.3) is 21.3 Å². The van der Waals surface area contributed by atoms with Gasteiger partial charge in [-0.3, -0.25) is 4.79 Å². The van der Waals surface area contributed by atoms with Crippen LogP contribution in [0.5, 0.6) is 5.88 Å². The van der Waals surface area contributed by atoms with Crippen LogP contribution in [0.1, 0.15) is 13.8 Å². The van der Waals surface area contributed by atoms with Gasteiger partial charge in [-0.2, -0.15) is 0 Å². The van der Waals surface area contributed by atoms with Crippen molar-refractivity contribution in [1.29, 1.82) is 0 Å². The fourth-order valence-corrected chi connectivity index (χ4v) is 4.31. The van der Waals surface area contributed by atoms with Crippen molar-refractivity contribution in [1.82, 2.24) is 14.9 Å². The minimum Gasteiger partial charge on any atom is -0.467 e. The number of carbonyl (C=O) groups excluding carboxylic acids is 1. The molecule has 2 unspecified atom stereocenters. The van der Waals surface area contributed by atoms with Crippen molar-refractivity contribution in [3.05, 3.63) is 41.8 Å². The van der Waals surface area contributed by atoms with Crippen LogP contribution in [0, 0.1) is 5.82 Å². The number of nitrogens with zero attached hydrogens (tertiary/aromatic N) is 3. The van der Waals surface area contributed by atoms with Crippen LogP contribution < -0.4 is 4.74 Å². The molecule has 0 radical (unpaired) electrons. The Hall–Kier alpha value is -2.58. The zero-order chi connectivity index (χ0) is 19.7. The van der Waals surface area contributed by atoms with E-state index >= 15 is 0 Å². The van der Waals surface area contributed by atoms with Crippen molar-refractivity contribution in [2.24, 2.45) is 0 Å². The number of benzene rings is 1. The minimum absolute atomic E-state index is 0.000379. The molecule has 4 rings (SSSR count). The third-order valence-electron chi connectivity index (χ3n) is 4.60. The molecule has 2 aromatic heterocycles. The largest absolute Gasteiger partial charge is 0.467 e. The number of amides is 1. The molecule has 1 amide bonds. The predicted octanol–water partition coefficient (Wildman–Crippen LogP) is 3.51. The van der Waals surface area contributed by atoms with E-state index in [1.807, 2.05) is 19.2 Å². The number of hydrogen-bond acceptors (Lipinski definition) is 6. The molecule has 8 heteroatoms. The molecule has 2 atom stereocenters. The standard InChI is InChI=1S/C20H20FN3O3S/c1-12-7-24(8-13(2)27-12)17(25)9-26-19-18-16(10-28-20(18)23-11-22-19)14-3-5-15(21)6-4-14/h3-6,10-13H,7-9H2,1-2H3. The maximum absolute atomic E-state index is 13.3. The molecule has 0 aliphatic carbocycles. The van der Waals surface area contributed by atoms with Crippen molar-refractivity contribution in [3.63, 3.8) is 0 Å². The monoisotopic (exact) mass is 401 g/mol. The molecule has 1 fully saturated rings. The Morgan fingerprint density at radius 3 is 2.68 bits per heavy atom. The highest BCUT2D eigenvalue weighted by molar-refractivity contribution is 7.17. The Bertz CT molecular complexity index is 982. The van der Waals surface area contributed by atoms with E-state index < -0.39 is 0 Å². The van der Waals surface area contributed by atoms with Gasteiger partial charge < -0.3 is 14.4 Å². The molecule has 146 valence electrons. The molecule has 0 N–H and O–H groups in total. The molecule has 0 bridgehead atoms. The summed E-state index contributed by atoms with van der Waals surface area (Å²) in [6.07, 6.45) is 1.42. The normalized spacial score (nSPS) is 19.8. The molecular weight excluding hydrogens is 381 g/mol. The Morgan fingerprint density at radius 2 is 1.96 bits per heavy atom. The van der Waals surface area contributed by atoms with Crippen molar-refractivity contribution >= 4 is 27.5 Å². The van der Waals surface area contributed by atoms with Crippen LogP contribution in [-0.4, -0.2) is 52.7 Å². The Balaban J connectivity index is 1.56. The SMILES string of the molecule is CC1CN(C(=O)COc2ncnc3scc(-c4ccc(F)cc4)c23)CC(C)O1. The third kappa shape index (κ3) is 3.83. The molecule has 28 heavy (non-hydrogen) atoms. The van der Waals surface area contributed by atoms with Gasteiger partial charge in [0.1, 0.15) is 17.0 Å². The summed E-state index contributed by atoms with van der Waals surface area (Å²) in [6, 6.07) is 6.23. The highest BCUT2D eigenvalue weighted by Crippen LogP contribution is 2.37. The highest BCUT2D eigenvalue weighted by atomic mass is 32.1. The van der Waals surface area contributed by atoms with Gasteiger partial charge in [0, 0.05) is 24.0 Å². The Kier molecular flexibility index (Phi) is 5.23. The predicted molar refractivity (Wildman–Crippen MR) is 105 cm³/mol. The first kappa shape index (κ1) is 18.8. The molecule has 1 aliphatic rings. The summed E-state index contributed by atoms with van der Waals surface area (Å²) < 4.78 is 24.7. The fraction of sp³-hybridized carbons (Fsp3) is 0.350. The second-order valence-electron chi connectivity index (χ2n) is 6.86. The van der Waals surface area contributed by atoms with Crippen molar-refractivity contribution < 1.29 is 18.7 Å². The number of thiophene rings is 1. The van der Waals surface area contributed by atoms with E-state index in [1.54, 1.807) is 17.0 Å². The third-order valence-corrected chi connectivity index (χ3v) is 5.48. The average molecular weight is 401 g/mol. The van der Waals surface area contributed by atoms with Crippen LogP contribution in [0.2, 0.25) is 0 Å². The summed E-state index contributed by atoms with van der Waals surface area (Å²) in [6.45, 7) is 4.89. The number of fused-ring (bicyclic) bond motifs is 1. The molecule has 3 aromatic rings. The molecule has 0 saturated carbocycles. The summed E-state index contributed by atoms with van der Waals surface area (Å²) in [7, 11) is 0. The van der Waals surface area contributed by atoms with Crippen LogP contribution in [0.15, 0.2) is 36.0 Å². The van der Waals surface area contributed by atoms with Gasteiger partial charge in [0.25, 0.3) is 5.91 Å². The summed E-state index contributed by atoms with van der Waals surface area (Å²) >= 11 is 1.45. The van der Waals surface area contributed by atoms with Gasteiger partial charge in [0.15, 0.2) is 6.61 Å². The number of ether oxygens (including phenoxy) is 2. The fourth-order valence-electron chi connectivity index (χ4n) is 3.40. The minimum atomic E-state index is -0.296. The van der Waals surface area contributed by atoms with Gasteiger partial charge in [-0.25, -0.2) is 14.4 Å². The van der Waals surface area contributed by atoms with Gasteiger partial charge in [0.2, 0.25) is 5.88 Å². The summed E-state index contributed by atoms with van der Waals surface area (Å²) in [4.78, 5) is 23.6. The van der Waals surface area contributed by atoms with Gasteiger partial charge in [0.05, 0.1) is 17.6 Å². The maximum atomic E-state index is 13.3. The van der Waals surface area contributed by atoms with Crippen LogP contribution in [0.4, 0.5) is 4.39 Å². The number of hydrogen-bond donors (Lipinski definition) is 0. The zero-order valence-corrected chi connectivity index (χ0v) is 16.4. The number of aromatic nitrogens is 2. The first-order valence-electron chi connectivity index (χ1n) is 9.05. The number of halogens is 1. The second kappa shape index (κ2) is 7.81. The van der Waals surface area contributed by atoms with E-state index in [1.165, 1.54) is 29.8 Å². The summed E-state index contributed by atoms with van der Waals surface area (Å²) in [5, 5.41) is 2.67. The van der Waals surface area contributed by atoms with Gasteiger partial charge in [-0.1, -0.05) is 12.1 Å². The van der Waals surface area contributed by atoms with E-state index in [2.05, 4.69) is 9.97 Å². The molecule has 6 nitrogen and oxygen atoms in total. The summed E-state index contributed by atoms with van der Waals surface area (Å²) in [5.41, 5.74) is 1.70. The summed E-state index contributed by atoms with van der Waals surface area (Å²) in [5.74, 6) is -0.0452. The number of carbonyl (C=O) groups is 1. The zero-order valence-electron chi connectivity index (χ0n) is 15.6. The molecule has 1 saturated heterocycles. The Morgan fingerprint density at radius 1 is 1.25 bits per heavy atom. The topological polar surface area (TPSA) is 64.6 Å². The van der Waals surface area contributed by atoms with Gasteiger partial charge in [-0.05, 0) is 31.5 Å². The van der Waals surface area contributed by atoms with E-state index in [4.69, 9.17) is 9.47 Å². The lowest BCUT2D eigenvalue weighted by atomic mass is 10.1.